The molecule has 0 radical (unpaired) electrons. The van der Waals surface area contributed by atoms with Crippen molar-refractivity contribution in [2.75, 3.05) is 23.0 Å². The summed E-state index contributed by atoms with van der Waals surface area (Å²) < 4.78 is 5.49. The molecular formula is C29H34N8O7. The highest BCUT2D eigenvalue weighted by Crippen LogP contribution is 2.20. The zero-order valence-corrected chi connectivity index (χ0v) is 24.1. The molecule has 6 N–H and O–H groups in total. The molecule has 2 heterocycles. The van der Waals surface area contributed by atoms with Gasteiger partial charge in [0, 0.05) is 24.7 Å². The maximum atomic E-state index is 12.5. The van der Waals surface area contributed by atoms with Gasteiger partial charge < -0.3 is 30.9 Å². The molecule has 2 atom stereocenters. The molecule has 0 saturated heterocycles. The number of anilines is 3. The summed E-state index contributed by atoms with van der Waals surface area (Å²) in [7, 11) is 1.80. The van der Waals surface area contributed by atoms with Crippen LogP contribution in [0, 0.1) is 0 Å². The molecule has 232 valence electrons. The van der Waals surface area contributed by atoms with Gasteiger partial charge in [0.05, 0.1) is 18.4 Å². The second kappa shape index (κ2) is 14.7. The molecule has 4 rings (SSSR count). The third-order valence-corrected chi connectivity index (χ3v) is 6.89. The molecule has 1 aliphatic rings. The predicted octanol–water partition coefficient (Wildman–Crippen LogP) is 3.12. The second-order valence-corrected chi connectivity index (χ2v) is 10.3. The number of carbonyl (C=O) groups excluding carboxylic acids is 2. The van der Waals surface area contributed by atoms with Gasteiger partial charge in [0.25, 0.3) is 5.91 Å². The molecular weight excluding hydrogens is 572 g/mol. The van der Waals surface area contributed by atoms with Gasteiger partial charge in [-0.05, 0) is 62.4 Å². The maximum absolute atomic E-state index is 12.5. The monoisotopic (exact) mass is 606 g/mol. The highest BCUT2D eigenvalue weighted by Gasteiger charge is 2.22. The summed E-state index contributed by atoms with van der Waals surface area (Å²) in [5.74, 6) is -3.11. The van der Waals surface area contributed by atoms with Crippen molar-refractivity contribution in [2.24, 2.45) is 0 Å². The van der Waals surface area contributed by atoms with E-state index in [2.05, 4.69) is 30.6 Å². The first-order chi connectivity index (χ1) is 21.1. The van der Waals surface area contributed by atoms with E-state index in [1.54, 1.807) is 19.2 Å². The molecule has 15 heteroatoms. The van der Waals surface area contributed by atoms with Crippen molar-refractivity contribution in [1.29, 1.82) is 0 Å². The van der Waals surface area contributed by atoms with E-state index in [0.717, 1.165) is 37.8 Å². The first-order valence-electron chi connectivity index (χ1n) is 14.1. The van der Waals surface area contributed by atoms with Crippen LogP contribution in [-0.2, 0) is 20.9 Å². The Morgan fingerprint density at radius 1 is 1.09 bits per heavy atom. The number of aliphatic carboxylic acids is 2. The number of amides is 2. The van der Waals surface area contributed by atoms with Crippen LogP contribution in [0.2, 0.25) is 0 Å². The average molecular weight is 607 g/mol. The minimum Gasteiger partial charge on any atom is -0.481 e. The number of nitrogens with zero attached hydrogens (tertiary/aromatic N) is 5. The summed E-state index contributed by atoms with van der Waals surface area (Å²) in [5.41, 5.74) is 8.08. The SMILES string of the molecule is CN(Cc1cnc2nc(NC(=O)OC3/C=C/CCCCC3)nc(N)c2n1)c1ccc(C(=O)NC(CCC(=O)O)C(=O)O)cc1. The number of allylic oxidation sites excluding steroid dienone is 1. The first-order valence-corrected chi connectivity index (χ1v) is 14.1. The number of hydrogen-bond acceptors (Lipinski definition) is 11. The molecule has 0 saturated carbocycles. The standard InChI is InChI=1S/C29H34N8O7/c1-37(19-11-9-17(10-12-19)26(40)33-21(27(41)42)13-14-22(38)39)16-18-15-31-25-23(32-18)24(30)34-28(35-25)36-29(43)44-20-7-5-3-2-4-6-8-20/h5,7,9-12,15,20-21H,2-4,6,8,13-14,16H2,1H3,(H,33,40)(H,38,39)(H,41,42)(H3,30,31,34,35,36,43)/b7-5+. The number of fused-ring (bicyclic) bond motifs is 1. The highest BCUT2D eigenvalue weighted by molar-refractivity contribution is 5.97. The molecule has 15 nitrogen and oxygen atoms in total. The van der Waals surface area contributed by atoms with Crippen LogP contribution in [0.25, 0.3) is 11.2 Å². The molecule has 44 heavy (non-hydrogen) atoms. The Hall–Kier alpha value is -5.34. The van der Waals surface area contributed by atoms with Gasteiger partial charge in [-0.2, -0.15) is 9.97 Å². The first kappa shape index (κ1) is 31.6. The van der Waals surface area contributed by atoms with Crippen LogP contribution in [-0.4, -0.2) is 73.3 Å². The third kappa shape index (κ3) is 8.83. The molecule has 2 aromatic heterocycles. The fourth-order valence-corrected chi connectivity index (χ4v) is 4.55. The number of nitrogens with one attached hydrogen (secondary N) is 2. The number of nitrogen functional groups attached to an aromatic ring is 1. The highest BCUT2D eigenvalue weighted by atomic mass is 16.6. The number of nitrogens with two attached hydrogens (primary N) is 1. The second-order valence-electron chi connectivity index (χ2n) is 10.3. The van der Waals surface area contributed by atoms with Crippen molar-refractivity contribution >= 4 is 52.6 Å². The van der Waals surface area contributed by atoms with Crippen molar-refractivity contribution in [3.8, 4) is 0 Å². The van der Waals surface area contributed by atoms with Gasteiger partial charge in [-0.25, -0.2) is 19.6 Å². The van der Waals surface area contributed by atoms with E-state index < -0.39 is 30.0 Å². The van der Waals surface area contributed by atoms with Crippen LogP contribution >= 0.6 is 0 Å². The Bertz CT molecular complexity index is 1550. The van der Waals surface area contributed by atoms with Crippen LogP contribution in [0.3, 0.4) is 0 Å². The van der Waals surface area contributed by atoms with Gasteiger partial charge in [0.1, 0.15) is 12.1 Å². The van der Waals surface area contributed by atoms with E-state index in [1.165, 1.54) is 18.3 Å². The number of aromatic nitrogens is 4. The van der Waals surface area contributed by atoms with Gasteiger partial charge in [0.15, 0.2) is 17.0 Å². The number of carboxylic acid groups (broad SMARTS) is 2. The summed E-state index contributed by atoms with van der Waals surface area (Å²) in [6.45, 7) is 0.311. The summed E-state index contributed by atoms with van der Waals surface area (Å²) in [4.78, 5) is 66.2. The molecule has 1 aliphatic carbocycles. The Labute approximate surface area is 252 Å². The zero-order chi connectivity index (χ0) is 31.6. The molecule has 3 aromatic rings. The fourth-order valence-electron chi connectivity index (χ4n) is 4.55. The third-order valence-electron chi connectivity index (χ3n) is 6.89. The Kier molecular flexibility index (Phi) is 10.6. The van der Waals surface area contributed by atoms with Gasteiger partial charge in [0.2, 0.25) is 5.95 Å². The smallest absolute Gasteiger partial charge is 0.414 e. The Morgan fingerprint density at radius 3 is 2.59 bits per heavy atom. The van der Waals surface area contributed by atoms with Gasteiger partial charge in [-0.3, -0.25) is 14.9 Å². The summed E-state index contributed by atoms with van der Waals surface area (Å²) in [6, 6.07) is 5.09. The van der Waals surface area contributed by atoms with Crippen LogP contribution in [0.15, 0.2) is 42.6 Å². The lowest BCUT2D eigenvalue weighted by molar-refractivity contribution is -0.140. The van der Waals surface area contributed by atoms with Gasteiger partial charge in [-0.15, -0.1) is 0 Å². The molecule has 1 aromatic carbocycles. The van der Waals surface area contributed by atoms with Crippen molar-refractivity contribution in [2.45, 2.75) is 63.6 Å². The fraction of sp³-hybridized carbons (Fsp3) is 0.379. The van der Waals surface area contributed by atoms with Gasteiger partial charge >= 0.3 is 18.0 Å². The summed E-state index contributed by atoms with van der Waals surface area (Å²) in [6.07, 6.45) is 8.72. The lowest BCUT2D eigenvalue weighted by Gasteiger charge is -2.19. The van der Waals surface area contributed by atoms with Crippen molar-refractivity contribution in [1.82, 2.24) is 25.3 Å². The predicted molar refractivity (Wildman–Crippen MR) is 160 cm³/mol. The van der Waals surface area contributed by atoms with E-state index in [9.17, 15) is 24.3 Å². The van der Waals surface area contributed by atoms with Crippen LogP contribution in [0.4, 0.5) is 22.2 Å². The Balaban J connectivity index is 1.37. The quantitative estimate of drug-likeness (QED) is 0.198. The van der Waals surface area contributed by atoms with Crippen molar-refractivity contribution < 1.29 is 34.1 Å². The van der Waals surface area contributed by atoms with Crippen LogP contribution in [0.5, 0.6) is 0 Å². The van der Waals surface area contributed by atoms with E-state index >= 15 is 0 Å². The molecule has 2 amide bonds. The number of carboxylic acids is 2. The number of hydrogen-bond donors (Lipinski definition) is 5. The molecule has 0 fully saturated rings. The maximum Gasteiger partial charge on any atom is 0.414 e. The van der Waals surface area contributed by atoms with E-state index in [4.69, 9.17) is 15.6 Å². The zero-order valence-electron chi connectivity index (χ0n) is 24.1. The number of rotatable bonds is 11. The number of carbonyl (C=O) groups is 4. The Morgan fingerprint density at radius 2 is 1.86 bits per heavy atom. The number of ether oxygens (including phenoxy) is 1. The van der Waals surface area contributed by atoms with E-state index in [0.29, 0.717) is 12.2 Å². The largest absolute Gasteiger partial charge is 0.481 e. The normalized spacial score (nSPS) is 16.2. The topological polar surface area (TPSA) is 223 Å². The lowest BCUT2D eigenvalue weighted by Crippen LogP contribution is -2.41. The molecule has 0 aliphatic heterocycles. The molecule has 0 spiro atoms. The number of benzene rings is 1. The average Bonchev–Trinajstić information content (AvgIpc) is 2.96. The molecule has 0 bridgehead atoms. The van der Waals surface area contributed by atoms with E-state index in [-0.39, 0.29) is 47.4 Å². The summed E-state index contributed by atoms with van der Waals surface area (Å²) in [5, 5.41) is 22.9. The van der Waals surface area contributed by atoms with Gasteiger partial charge in [-0.1, -0.05) is 12.5 Å². The molecule has 2 unspecified atom stereocenters. The van der Waals surface area contributed by atoms with Crippen molar-refractivity contribution in [3.63, 3.8) is 0 Å². The van der Waals surface area contributed by atoms with E-state index in [1.807, 2.05) is 17.1 Å². The minimum absolute atomic E-state index is 0.0338. The lowest BCUT2D eigenvalue weighted by atomic mass is 10.0. The van der Waals surface area contributed by atoms with Crippen molar-refractivity contribution in [3.05, 3.63) is 53.9 Å². The van der Waals surface area contributed by atoms with Crippen LogP contribution in [0.1, 0.15) is 61.0 Å². The minimum atomic E-state index is -1.32. The van der Waals surface area contributed by atoms with Crippen LogP contribution < -0.4 is 21.3 Å². The summed E-state index contributed by atoms with van der Waals surface area (Å²) >= 11 is 0.